The van der Waals surface area contributed by atoms with Gasteiger partial charge in [-0.05, 0) is 53.9 Å². The second kappa shape index (κ2) is 7.59. The van der Waals surface area contributed by atoms with Gasteiger partial charge in [-0.3, -0.25) is 4.79 Å². The molecule has 1 aliphatic rings. The normalized spacial score (nSPS) is 17.3. The lowest BCUT2D eigenvalue weighted by Crippen LogP contribution is -2.19. The lowest BCUT2D eigenvalue weighted by molar-refractivity contribution is -0.115. The highest BCUT2D eigenvalue weighted by atomic mass is 32.2. The van der Waals surface area contributed by atoms with Crippen molar-refractivity contribution in [2.45, 2.75) is 4.90 Å². The lowest BCUT2D eigenvalue weighted by Gasteiger charge is -2.03. The number of methoxy groups -OCH3 is 1. The van der Waals surface area contributed by atoms with Crippen LogP contribution in [0, 0.1) is 0 Å². The molecule has 0 unspecified atom stereocenters. The number of hydrogen-bond acceptors (Lipinski definition) is 5. The van der Waals surface area contributed by atoms with Crippen molar-refractivity contribution >= 4 is 46.4 Å². The molecule has 0 spiro atoms. The van der Waals surface area contributed by atoms with Crippen molar-refractivity contribution in [1.29, 1.82) is 0 Å². The van der Waals surface area contributed by atoms with Crippen LogP contribution in [0.1, 0.15) is 5.56 Å². The van der Waals surface area contributed by atoms with Gasteiger partial charge in [-0.1, -0.05) is 24.3 Å². The van der Waals surface area contributed by atoms with Crippen LogP contribution in [-0.4, -0.2) is 24.4 Å². The van der Waals surface area contributed by atoms with Gasteiger partial charge in [0.1, 0.15) is 11.4 Å². The number of para-hydroxylation sites is 2. The van der Waals surface area contributed by atoms with Gasteiger partial charge in [0.15, 0.2) is 5.17 Å². The molecule has 1 saturated heterocycles. The molecule has 0 aromatic heterocycles. The molecule has 1 fully saturated rings. The molecule has 24 heavy (non-hydrogen) atoms. The van der Waals surface area contributed by atoms with Crippen LogP contribution in [-0.2, 0) is 4.79 Å². The molecule has 1 aliphatic heterocycles. The van der Waals surface area contributed by atoms with Crippen molar-refractivity contribution < 1.29 is 9.53 Å². The van der Waals surface area contributed by atoms with E-state index in [2.05, 4.69) is 10.3 Å². The third-order valence-electron chi connectivity index (χ3n) is 3.37. The minimum atomic E-state index is -0.136. The van der Waals surface area contributed by atoms with E-state index in [4.69, 9.17) is 4.74 Å². The Balaban J connectivity index is 1.82. The molecule has 0 bridgehead atoms. The van der Waals surface area contributed by atoms with Crippen LogP contribution in [0.2, 0.25) is 0 Å². The summed E-state index contributed by atoms with van der Waals surface area (Å²) in [6.07, 6.45) is 3.91. The van der Waals surface area contributed by atoms with Crippen molar-refractivity contribution in [1.82, 2.24) is 5.32 Å². The zero-order valence-electron chi connectivity index (χ0n) is 13.3. The summed E-state index contributed by atoms with van der Waals surface area (Å²) in [6.45, 7) is 0. The molecule has 1 N–H and O–H groups in total. The standard InChI is InChI=1S/C18H16N2O2S2/c1-22-15-6-4-3-5-14(15)19-18-20-17(21)16(24-18)11-12-7-9-13(23-2)10-8-12/h3-11H,1-2H3,(H,19,20,21)/b16-11+. The molecule has 2 aromatic rings. The molecule has 4 nitrogen and oxygen atoms in total. The minimum absolute atomic E-state index is 0.136. The number of nitrogens with zero attached hydrogens (tertiary/aromatic N) is 1. The maximum Gasteiger partial charge on any atom is 0.264 e. The largest absolute Gasteiger partial charge is 0.494 e. The minimum Gasteiger partial charge on any atom is -0.494 e. The van der Waals surface area contributed by atoms with E-state index in [0.29, 0.717) is 21.5 Å². The van der Waals surface area contributed by atoms with Gasteiger partial charge < -0.3 is 10.1 Å². The van der Waals surface area contributed by atoms with Crippen LogP contribution in [0.4, 0.5) is 5.69 Å². The smallest absolute Gasteiger partial charge is 0.264 e. The predicted octanol–water partition coefficient (Wildman–Crippen LogP) is 4.31. The first-order valence-corrected chi connectivity index (χ1v) is 9.30. The van der Waals surface area contributed by atoms with Gasteiger partial charge in [0, 0.05) is 4.90 Å². The number of nitrogens with one attached hydrogen (secondary N) is 1. The van der Waals surface area contributed by atoms with E-state index in [1.165, 1.54) is 16.7 Å². The highest BCUT2D eigenvalue weighted by molar-refractivity contribution is 8.18. The highest BCUT2D eigenvalue weighted by Crippen LogP contribution is 2.32. The third kappa shape index (κ3) is 3.83. The number of thioether (sulfide) groups is 2. The maximum atomic E-state index is 12.1. The number of hydrogen-bond donors (Lipinski definition) is 1. The average molecular weight is 356 g/mol. The number of ether oxygens (including phenoxy) is 1. The molecule has 6 heteroatoms. The molecule has 0 atom stereocenters. The van der Waals surface area contributed by atoms with Gasteiger partial charge >= 0.3 is 0 Å². The van der Waals surface area contributed by atoms with Crippen LogP contribution in [0.3, 0.4) is 0 Å². The van der Waals surface area contributed by atoms with Gasteiger partial charge in [-0.25, -0.2) is 4.99 Å². The second-order valence-electron chi connectivity index (χ2n) is 4.93. The number of rotatable bonds is 4. The van der Waals surface area contributed by atoms with Gasteiger partial charge in [-0.15, -0.1) is 11.8 Å². The van der Waals surface area contributed by atoms with Gasteiger partial charge in [0.2, 0.25) is 0 Å². The number of aliphatic imine (C=N–C) groups is 1. The molecule has 1 amide bonds. The van der Waals surface area contributed by atoms with Crippen LogP contribution in [0.25, 0.3) is 6.08 Å². The van der Waals surface area contributed by atoms with Crippen LogP contribution >= 0.6 is 23.5 Å². The number of benzene rings is 2. The monoisotopic (exact) mass is 356 g/mol. The average Bonchev–Trinajstić information content (AvgIpc) is 2.95. The molecule has 3 rings (SSSR count). The molecule has 0 aliphatic carbocycles. The number of amides is 1. The Bertz CT molecular complexity index is 814. The summed E-state index contributed by atoms with van der Waals surface area (Å²) >= 11 is 3.02. The van der Waals surface area contributed by atoms with Crippen molar-refractivity contribution in [3.05, 3.63) is 59.0 Å². The molecule has 0 saturated carbocycles. The Morgan fingerprint density at radius 3 is 2.62 bits per heavy atom. The molecule has 2 aromatic carbocycles. The van der Waals surface area contributed by atoms with Gasteiger partial charge in [0.05, 0.1) is 12.0 Å². The number of carbonyl (C=O) groups excluding carboxylic acids is 1. The fraction of sp³-hybridized carbons (Fsp3) is 0.111. The second-order valence-corrected chi connectivity index (χ2v) is 6.84. The third-order valence-corrected chi connectivity index (χ3v) is 5.03. The van der Waals surface area contributed by atoms with Gasteiger partial charge in [-0.2, -0.15) is 0 Å². The topological polar surface area (TPSA) is 50.7 Å². The zero-order chi connectivity index (χ0) is 16.9. The Morgan fingerprint density at radius 2 is 1.92 bits per heavy atom. The fourth-order valence-electron chi connectivity index (χ4n) is 2.16. The van der Waals surface area contributed by atoms with Crippen molar-refractivity contribution in [3.8, 4) is 5.75 Å². The summed E-state index contributed by atoms with van der Waals surface area (Å²) in [5, 5.41) is 3.34. The molecule has 0 radical (unpaired) electrons. The van der Waals surface area contributed by atoms with E-state index in [9.17, 15) is 4.79 Å². The Kier molecular flexibility index (Phi) is 5.27. The highest BCUT2D eigenvalue weighted by Gasteiger charge is 2.24. The zero-order valence-corrected chi connectivity index (χ0v) is 14.9. The van der Waals surface area contributed by atoms with E-state index in [-0.39, 0.29) is 5.91 Å². The van der Waals surface area contributed by atoms with E-state index >= 15 is 0 Å². The molecule has 1 heterocycles. The van der Waals surface area contributed by atoms with E-state index < -0.39 is 0 Å². The lowest BCUT2D eigenvalue weighted by atomic mass is 10.2. The quantitative estimate of drug-likeness (QED) is 0.655. The Morgan fingerprint density at radius 1 is 1.17 bits per heavy atom. The predicted molar refractivity (Wildman–Crippen MR) is 102 cm³/mol. The van der Waals surface area contributed by atoms with Crippen LogP contribution < -0.4 is 10.1 Å². The van der Waals surface area contributed by atoms with Crippen molar-refractivity contribution in [2.24, 2.45) is 4.99 Å². The van der Waals surface area contributed by atoms with E-state index in [1.54, 1.807) is 18.9 Å². The van der Waals surface area contributed by atoms with Crippen molar-refractivity contribution in [2.75, 3.05) is 13.4 Å². The van der Waals surface area contributed by atoms with E-state index in [1.807, 2.05) is 60.9 Å². The van der Waals surface area contributed by atoms with Crippen LogP contribution in [0.15, 0.2) is 63.3 Å². The fourth-order valence-corrected chi connectivity index (χ4v) is 3.41. The summed E-state index contributed by atoms with van der Waals surface area (Å²) < 4.78 is 5.28. The maximum absolute atomic E-state index is 12.1. The summed E-state index contributed by atoms with van der Waals surface area (Å²) in [6, 6.07) is 15.5. The summed E-state index contributed by atoms with van der Waals surface area (Å²) in [7, 11) is 1.60. The van der Waals surface area contributed by atoms with Gasteiger partial charge in [0.25, 0.3) is 5.91 Å². The number of carbonyl (C=O) groups is 1. The molecular formula is C18H16N2O2S2. The van der Waals surface area contributed by atoms with E-state index in [0.717, 1.165) is 5.56 Å². The first-order valence-electron chi connectivity index (χ1n) is 7.26. The first-order chi connectivity index (χ1) is 11.7. The summed E-state index contributed by atoms with van der Waals surface area (Å²) in [5.41, 5.74) is 1.68. The number of amidine groups is 1. The first kappa shape index (κ1) is 16.7. The molecular weight excluding hydrogens is 340 g/mol. The molecule has 122 valence electrons. The summed E-state index contributed by atoms with van der Waals surface area (Å²) in [5.74, 6) is 0.535. The van der Waals surface area contributed by atoms with Crippen LogP contribution in [0.5, 0.6) is 5.75 Å². The van der Waals surface area contributed by atoms with Crippen molar-refractivity contribution in [3.63, 3.8) is 0 Å². The SMILES string of the molecule is COc1ccccc1N=C1NC(=O)/C(=C\c2ccc(SC)cc2)S1. The Labute approximate surface area is 149 Å². The summed E-state index contributed by atoms with van der Waals surface area (Å²) in [4.78, 5) is 18.4. The Hall–Kier alpha value is -2.18.